The lowest BCUT2D eigenvalue weighted by Crippen LogP contribution is -2.28. The van der Waals surface area contributed by atoms with Crippen molar-refractivity contribution < 1.29 is 18.3 Å². The van der Waals surface area contributed by atoms with E-state index in [1.54, 1.807) is 22.1 Å². The summed E-state index contributed by atoms with van der Waals surface area (Å²) in [5.41, 5.74) is 0.825. The Morgan fingerprint density at radius 2 is 2.31 bits per heavy atom. The highest BCUT2D eigenvalue weighted by Crippen LogP contribution is 2.21. The van der Waals surface area contributed by atoms with Crippen molar-refractivity contribution in [3.63, 3.8) is 0 Å². The van der Waals surface area contributed by atoms with E-state index in [2.05, 4.69) is 16.0 Å². The Morgan fingerprint density at radius 3 is 2.92 bits per heavy atom. The first kappa shape index (κ1) is 19.5. The second kappa shape index (κ2) is 8.62. The highest BCUT2D eigenvalue weighted by Gasteiger charge is 2.24. The fourth-order valence-electron chi connectivity index (χ4n) is 3.21. The Balaban J connectivity index is 1.83. The van der Waals surface area contributed by atoms with Crippen molar-refractivity contribution in [1.29, 1.82) is 0 Å². The van der Waals surface area contributed by atoms with Crippen molar-refractivity contribution in [1.82, 2.24) is 14.5 Å². The fraction of sp³-hybridized carbons (Fsp3) is 0.588. The molecule has 0 bridgehead atoms. The minimum Gasteiger partial charge on any atom is -0.395 e. The van der Waals surface area contributed by atoms with E-state index < -0.39 is 9.84 Å². The van der Waals surface area contributed by atoms with Gasteiger partial charge in [-0.3, -0.25) is 4.90 Å². The summed E-state index contributed by atoms with van der Waals surface area (Å²) < 4.78 is 31.7. The first-order valence-corrected chi connectivity index (χ1v) is 11.5. The number of aliphatic hydroxyl groups excluding tert-OH is 1. The van der Waals surface area contributed by atoms with E-state index in [0.29, 0.717) is 26.2 Å². The second-order valence-corrected chi connectivity index (χ2v) is 9.51. The van der Waals surface area contributed by atoms with Crippen LogP contribution in [0.2, 0.25) is 0 Å². The average Bonchev–Trinajstić information content (AvgIpc) is 3.30. The molecule has 1 aliphatic rings. The number of sulfone groups is 1. The molecular weight excluding hydrogens is 374 g/mol. The van der Waals surface area contributed by atoms with Gasteiger partial charge in [-0.2, -0.15) is 0 Å². The molecule has 3 rings (SSSR count). The molecule has 0 radical (unpaired) electrons. The van der Waals surface area contributed by atoms with Gasteiger partial charge in [0, 0.05) is 37.4 Å². The third kappa shape index (κ3) is 4.92. The van der Waals surface area contributed by atoms with Crippen LogP contribution >= 0.6 is 11.3 Å². The summed E-state index contributed by atoms with van der Waals surface area (Å²) in [6, 6.07) is 4.06. The van der Waals surface area contributed by atoms with Crippen molar-refractivity contribution in [2.75, 3.05) is 26.0 Å². The number of ether oxygens (including phenoxy) is 1. The van der Waals surface area contributed by atoms with E-state index in [1.807, 2.05) is 11.4 Å². The van der Waals surface area contributed by atoms with Crippen LogP contribution in [0.15, 0.2) is 28.9 Å². The molecular formula is C17H25N3O4S2. The second-order valence-electron chi connectivity index (χ2n) is 6.56. The summed E-state index contributed by atoms with van der Waals surface area (Å²) in [7, 11) is -3.42. The number of aromatic nitrogens is 2. The topological polar surface area (TPSA) is 84.7 Å². The Kier molecular flexibility index (Phi) is 6.46. The molecule has 144 valence electrons. The molecule has 0 aromatic carbocycles. The minimum atomic E-state index is -3.42. The van der Waals surface area contributed by atoms with Crippen LogP contribution in [0.1, 0.15) is 23.4 Å². The maximum absolute atomic E-state index is 12.1. The summed E-state index contributed by atoms with van der Waals surface area (Å²) in [6.45, 7) is 2.99. The monoisotopic (exact) mass is 399 g/mol. The SMILES string of the molecule is CS(=O)(=O)c1ncc(CN(CCO)Cc2cccs2)n1C[C@@H]1CCCO1. The normalized spacial score (nSPS) is 18.0. The van der Waals surface area contributed by atoms with Crippen LogP contribution in [0, 0.1) is 0 Å². The summed E-state index contributed by atoms with van der Waals surface area (Å²) in [6.07, 6.45) is 4.76. The lowest BCUT2D eigenvalue weighted by Gasteiger charge is -2.22. The molecule has 0 aliphatic carbocycles. The molecule has 2 aromatic heterocycles. The van der Waals surface area contributed by atoms with Gasteiger partial charge in [-0.15, -0.1) is 11.3 Å². The first-order valence-electron chi connectivity index (χ1n) is 8.69. The largest absolute Gasteiger partial charge is 0.395 e. The summed E-state index contributed by atoms with van der Waals surface area (Å²) >= 11 is 1.67. The third-order valence-electron chi connectivity index (χ3n) is 4.40. The van der Waals surface area contributed by atoms with Crippen LogP contribution in [0.5, 0.6) is 0 Å². The van der Waals surface area contributed by atoms with Gasteiger partial charge in [-0.1, -0.05) is 6.07 Å². The van der Waals surface area contributed by atoms with Gasteiger partial charge in [0.15, 0.2) is 0 Å². The molecule has 1 aliphatic heterocycles. The van der Waals surface area contributed by atoms with Gasteiger partial charge < -0.3 is 14.4 Å². The number of rotatable bonds is 9. The Hall–Kier alpha value is -1.26. The number of nitrogens with zero attached hydrogens (tertiary/aromatic N) is 3. The molecule has 1 atom stereocenters. The number of aliphatic hydroxyl groups is 1. The first-order chi connectivity index (χ1) is 12.5. The zero-order valence-corrected chi connectivity index (χ0v) is 16.5. The molecule has 1 N–H and O–H groups in total. The van der Waals surface area contributed by atoms with Gasteiger partial charge in [-0.25, -0.2) is 13.4 Å². The minimum absolute atomic E-state index is 0.0204. The summed E-state index contributed by atoms with van der Waals surface area (Å²) in [4.78, 5) is 7.47. The third-order valence-corrected chi connectivity index (χ3v) is 6.26. The zero-order chi connectivity index (χ0) is 18.6. The summed E-state index contributed by atoms with van der Waals surface area (Å²) in [5.74, 6) is 0. The molecule has 0 amide bonds. The lowest BCUT2D eigenvalue weighted by molar-refractivity contribution is 0.0928. The predicted molar refractivity (Wildman–Crippen MR) is 99.8 cm³/mol. The van der Waals surface area contributed by atoms with E-state index >= 15 is 0 Å². The fourth-order valence-corrected chi connectivity index (χ4v) is 4.79. The van der Waals surface area contributed by atoms with Crippen LogP contribution in [0.3, 0.4) is 0 Å². The van der Waals surface area contributed by atoms with E-state index in [9.17, 15) is 13.5 Å². The molecule has 0 unspecified atom stereocenters. The van der Waals surface area contributed by atoms with Gasteiger partial charge >= 0.3 is 0 Å². The maximum Gasteiger partial charge on any atom is 0.227 e. The van der Waals surface area contributed by atoms with Crippen molar-refractivity contribution in [3.05, 3.63) is 34.3 Å². The Morgan fingerprint density at radius 1 is 1.46 bits per heavy atom. The average molecular weight is 400 g/mol. The lowest BCUT2D eigenvalue weighted by atomic mass is 10.2. The maximum atomic E-state index is 12.1. The van der Waals surface area contributed by atoms with Gasteiger partial charge in [-0.05, 0) is 24.3 Å². The van der Waals surface area contributed by atoms with Gasteiger partial charge in [0.25, 0.3) is 0 Å². The van der Waals surface area contributed by atoms with Crippen LogP contribution in [0.25, 0.3) is 0 Å². The van der Waals surface area contributed by atoms with Crippen molar-refractivity contribution in [3.8, 4) is 0 Å². The number of hydrogen-bond donors (Lipinski definition) is 1. The van der Waals surface area contributed by atoms with Crippen LogP contribution in [0.4, 0.5) is 0 Å². The molecule has 26 heavy (non-hydrogen) atoms. The van der Waals surface area contributed by atoms with Crippen molar-refractivity contribution in [2.24, 2.45) is 0 Å². The highest BCUT2D eigenvalue weighted by molar-refractivity contribution is 7.90. The number of hydrogen-bond acceptors (Lipinski definition) is 7. The number of imidazole rings is 1. The van der Waals surface area contributed by atoms with Crippen LogP contribution in [-0.2, 0) is 34.2 Å². The predicted octanol–water partition coefficient (Wildman–Crippen LogP) is 1.52. The van der Waals surface area contributed by atoms with E-state index in [1.165, 1.54) is 11.1 Å². The van der Waals surface area contributed by atoms with Gasteiger partial charge in [0.2, 0.25) is 15.0 Å². The molecule has 7 nitrogen and oxygen atoms in total. The molecule has 2 aromatic rings. The van der Waals surface area contributed by atoms with E-state index in [0.717, 1.165) is 25.1 Å². The number of thiophene rings is 1. The van der Waals surface area contributed by atoms with Crippen LogP contribution in [-0.4, -0.2) is 60.1 Å². The zero-order valence-electron chi connectivity index (χ0n) is 14.9. The molecule has 1 saturated heterocycles. The Bertz CT molecular complexity index is 796. The molecule has 0 spiro atoms. The smallest absolute Gasteiger partial charge is 0.227 e. The molecule has 9 heteroatoms. The van der Waals surface area contributed by atoms with Crippen molar-refractivity contribution >= 4 is 21.2 Å². The molecule has 0 saturated carbocycles. The van der Waals surface area contributed by atoms with Crippen LogP contribution < -0.4 is 0 Å². The van der Waals surface area contributed by atoms with Crippen molar-refractivity contribution in [2.45, 2.75) is 43.7 Å². The van der Waals surface area contributed by atoms with Gasteiger partial charge in [0.05, 0.1) is 31.1 Å². The Labute approximate surface area is 158 Å². The molecule has 1 fully saturated rings. The van der Waals surface area contributed by atoms with E-state index in [4.69, 9.17) is 4.74 Å². The summed E-state index contributed by atoms with van der Waals surface area (Å²) in [5, 5.41) is 11.5. The van der Waals surface area contributed by atoms with Gasteiger partial charge in [0.1, 0.15) is 0 Å². The highest BCUT2D eigenvalue weighted by atomic mass is 32.2. The standard InChI is InChI=1S/C17H25N3O4S2/c1-26(22,23)17-18-10-14(20(17)12-15-4-2-8-24-15)11-19(6-7-21)13-16-5-3-9-25-16/h3,5,9-10,15,21H,2,4,6-8,11-13H2,1H3/t15-/m0/s1. The van der Waals surface area contributed by atoms with E-state index in [-0.39, 0.29) is 17.9 Å². The quantitative estimate of drug-likeness (QED) is 0.688. The molecule has 3 heterocycles.